The maximum Gasteiger partial charge on any atom is 0.0562 e. The van der Waals surface area contributed by atoms with Crippen LogP contribution in [0.5, 0.6) is 0 Å². The van der Waals surface area contributed by atoms with Crippen molar-refractivity contribution in [2.45, 2.75) is 59.9 Å². The Kier molecular flexibility index (Phi) is 6.63. The summed E-state index contributed by atoms with van der Waals surface area (Å²) in [7, 11) is 0. The van der Waals surface area contributed by atoms with Gasteiger partial charge in [0.1, 0.15) is 0 Å². The molecule has 112 valence electrons. The third-order valence-corrected chi connectivity index (χ3v) is 3.86. The Labute approximate surface area is 124 Å². The van der Waals surface area contributed by atoms with Crippen molar-refractivity contribution in [1.29, 1.82) is 0 Å². The first-order valence-corrected chi connectivity index (χ1v) is 7.76. The van der Waals surface area contributed by atoms with Gasteiger partial charge < -0.3 is 11.1 Å². The Morgan fingerprint density at radius 3 is 2.60 bits per heavy atom. The first-order chi connectivity index (χ1) is 9.47. The molecule has 0 saturated carbocycles. The monoisotopic (exact) mass is 274 g/mol. The highest BCUT2D eigenvalue weighted by molar-refractivity contribution is 5.44. The number of nitrogens with one attached hydrogen (secondary N) is 1. The van der Waals surface area contributed by atoms with Gasteiger partial charge in [-0.05, 0) is 44.3 Å². The Balaban J connectivity index is 2.93. The van der Waals surface area contributed by atoms with Crippen molar-refractivity contribution in [3.63, 3.8) is 0 Å². The minimum absolute atomic E-state index is 0.446. The molecule has 2 unspecified atom stereocenters. The molecule has 20 heavy (non-hydrogen) atoms. The van der Waals surface area contributed by atoms with Gasteiger partial charge in [-0.3, -0.25) is 0 Å². The normalized spacial score (nSPS) is 23.4. The van der Waals surface area contributed by atoms with E-state index in [-0.39, 0.29) is 0 Å². The van der Waals surface area contributed by atoms with E-state index in [0.29, 0.717) is 12.0 Å². The lowest BCUT2D eigenvalue weighted by Crippen LogP contribution is -2.28. The van der Waals surface area contributed by atoms with Gasteiger partial charge in [0.2, 0.25) is 0 Å². The fourth-order valence-electron chi connectivity index (χ4n) is 2.60. The van der Waals surface area contributed by atoms with Crippen molar-refractivity contribution in [2.24, 2.45) is 11.7 Å². The van der Waals surface area contributed by atoms with Crippen LogP contribution in [0, 0.1) is 5.92 Å². The number of allylic oxidation sites excluding steroid dienone is 7. The zero-order valence-corrected chi connectivity index (χ0v) is 13.7. The van der Waals surface area contributed by atoms with Gasteiger partial charge in [0.05, 0.1) is 5.70 Å². The molecule has 2 nitrogen and oxygen atoms in total. The third-order valence-electron chi connectivity index (χ3n) is 3.86. The molecule has 0 heterocycles. The molecular weight excluding hydrogens is 244 g/mol. The smallest absolute Gasteiger partial charge is 0.0562 e. The summed E-state index contributed by atoms with van der Waals surface area (Å²) < 4.78 is 0. The second kappa shape index (κ2) is 7.98. The summed E-state index contributed by atoms with van der Waals surface area (Å²) in [6.45, 7) is 10.8. The molecule has 0 aliphatic heterocycles. The molecular formula is C18H30N2. The van der Waals surface area contributed by atoms with Crippen molar-refractivity contribution in [3.05, 3.63) is 46.8 Å². The predicted octanol–water partition coefficient (Wildman–Crippen LogP) is 4.42. The van der Waals surface area contributed by atoms with Gasteiger partial charge in [-0.2, -0.15) is 0 Å². The first kappa shape index (κ1) is 16.6. The van der Waals surface area contributed by atoms with Crippen LogP contribution in [0.2, 0.25) is 0 Å². The Hall–Kier alpha value is -1.44. The summed E-state index contributed by atoms with van der Waals surface area (Å²) in [6.07, 6.45) is 12.3. The van der Waals surface area contributed by atoms with Crippen LogP contribution in [0.25, 0.3) is 0 Å². The van der Waals surface area contributed by atoms with Crippen LogP contribution >= 0.6 is 0 Å². The number of nitrogens with two attached hydrogens (primary N) is 1. The van der Waals surface area contributed by atoms with Crippen molar-refractivity contribution in [3.8, 4) is 0 Å². The zero-order chi connectivity index (χ0) is 15.1. The average molecular weight is 274 g/mol. The van der Waals surface area contributed by atoms with E-state index in [1.54, 1.807) is 0 Å². The molecule has 1 rings (SSSR count). The molecule has 0 aromatic rings. The zero-order valence-electron chi connectivity index (χ0n) is 13.7. The lowest BCUT2D eigenvalue weighted by molar-refractivity contribution is 0.539. The summed E-state index contributed by atoms with van der Waals surface area (Å²) in [6, 6.07) is 0.456. The topological polar surface area (TPSA) is 38.0 Å². The summed E-state index contributed by atoms with van der Waals surface area (Å²) in [5, 5.41) is 3.61. The first-order valence-electron chi connectivity index (χ1n) is 7.76. The molecule has 0 aromatic heterocycles. The van der Waals surface area contributed by atoms with Crippen molar-refractivity contribution in [1.82, 2.24) is 5.32 Å². The van der Waals surface area contributed by atoms with E-state index >= 15 is 0 Å². The Morgan fingerprint density at radius 2 is 2.05 bits per heavy atom. The van der Waals surface area contributed by atoms with Gasteiger partial charge in [-0.1, -0.05) is 51.0 Å². The fourth-order valence-corrected chi connectivity index (χ4v) is 2.60. The summed E-state index contributed by atoms with van der Waals surface area (Å²) in [5.41, 5.74) is 10.7. The SMILES string of the molecule is CCCCC(C)NC(=C(/C)N)/C(C)=C1/C=CC=CC1C. The standard InChI is InChI=1S/C18H30N2/c1-6-7-11-14(3)20-18(16(5)19)15(4)17-12-9-8-10-13(17)2/h8-10,12-14,20H,6-7,11,19H2,1-5H3/b17-15-,18-16-. The molecule has 1 aliphatic carbocycles. The molecule has 0 aromatic carbocycles. The molecule has 0 bridgehead atoms. The number of hydrogen-bond donors (Lipinski definition) is 2. The largest absolute Gasteiger partial charge is 0.401 e. The summed E-state index contributed by atoms with van der Waals surface area (Å²) in [5.74, 6) is 0.446. The molecule has 3 N–H and O–H groups in total. The summed E-state index contributed by atoms with van der Waals surface area (Å²) >= 11 is 0. The van der Waals surface area contributed by atoms with E-state index < -0.39 is 0 Å². The fraction of sp³-hybridized carbons (Fsp3) is 0.556. The van der Waals surface area contributed by atoms with Gasteiger partial charge >= 0.3 is 0 Å². The van der Waals surface area contributed by atoms with Gasteiger partial charge in [-0.15, -0.1) is 0 Å². The molecule has 2 atom stereocenters. The van der Waals surface area contributed by atoms with Crippen LogP contribution in [0.1, 0.15) is 53.9 Å². The van der Waals surface area contributed by atoms with Gasteiger partial charge in [0.15, 0.2) is 0 Å². The van der Waals surface area contributed by atoms with Crippen LogP contribution < -0.4 is 11.1 Å². The van der Waals surface area contributed by atoms with Gasteiger partial charge in [0.25, 0.3) is 0 Å². The molecule has 2 heteroatoms. The highest BCUT2D eigenvalue weighted by Gasteiger charge is 2.14. The number of unbranched alkanes of at least 4 members (excludes halogenated alkanes) is 1. The minimum atomic E-state index is 0.446. The van der Waals surface area contributed by atoms with Crippen LogP contribution in [0.4, 0.5) is 0 Å². The quantitative estimate of drug-likeness (QED) is 0.752. The average Bonchev–Trinajstić information content (AvgIpc) is 2.42. The lowest BCUT2D eigenvalue weighted by atomic mass is 9.90. The van der Waals surface area contributed by atoms with Crippen LogP contribution in [-0.2, 0) is 0 Å². The van der Waals surface area contributed by atoms with Crippen LogP contribution in [-0.4, -0.2) is 6.04 Å². The van der Waals surface area contributed by atoms with Crippen molar-refractivity contribution >= 4 is 0 Å². The van der Waals surface area contributed by atoms with E-state index in [4.69, 9.17) is 5.73 Å². The second-order valence-corrected chi connectivity index (χ2v) is 5.86. The van der Waals surface area contributed by atoms with E-state index in [0.717, 1.165) is 11.4 Å². The van der Waals surface area contributed by atoms with E-state index in [2.05, 4.69) is 57.3 Å². The number of rotatable bonds is 6. The van der Waals surface area contributed by atoms with Gasteiger partial charge in [-0.25, -0.2) is 0 Å². The van der Waals surface area contributed by atoms with Crippen LogP contribution in [0.3, 0.4) is 0 Å². The van der Waals surface area contributed by atoms with E-state index in [9.17, 15) is 0 Å². The van der Waals surface area contributed by atoms with Crippen molar-refractivity contribution < 1.29 is 0 Å². The maximum atomic E-state index is 6.11. The van der Waals surface area contributed by atoms with Gasteiger partial charge in [0, 0.05) is 11.7 Å². The molecule has 0 fully saturated rings. The highest BCUT2D eigenvalue weighted by atomic mass is 14.9. The molecule has 0 radical (unpaired) electrons. The van der Waals surface area contributed by atoms with Crippen molar-refractivity contribution in [2.75, 3.05) is 0 Å². The second-order valence-electron chi connectivity index (χ2n) is 5.86. The lowest BCUT2D eigenvalue weighted by Gasteiger charge is -2.23. The highest BCUT2D eigenvalue weighted by Crippen LogP contribution is 2.26. The van der Waals surface area contributed by atoms with Crippen LogP contribution in [0.15, 0.2) is 46.8 Å². The Morgan fingerprint density at radius 1 is 1.35 bits per heavy atom. The molecule has 0 spiro atoms. The molecule has 0 saturated heterocycles. The summed E-state index contributed by atoms with van der Waals surface area (Å²) in [4.78, 5) is 0. The molecule has 1 aliphatic rings. The molecule has 0 amide bonds. The van der Waals surface area contributed by atoms with E-state index in [1.807, 2.05) is 6.92 Å². The maximum absolute atomic E-state index is 6.11. The third kappa shape index (κ3) is 4.59. The van der Waals surface area contributed by atoms with E-state index in [1.165, 1.54) is 30.4 Å². The predicted molar refractivity (Wildman–Crippen MR) is 89.2 cm³/mol. The number of hydrogen-bond acceptors (Lipinski definition) is 2. The minimum Gasteiger partial charge on any atom is -0.401 e. The Bertz CT molecular complexity index is 434.